The Morgan fingerprint density at radius 3 is 3.10 bits per heavy atom. The molecule has 0 radical (unpaired) electrons. The molecule has 3 heterocycles. The van der Waals surface area contributed by atoms with Crippen LogP contribution in [0.5, 0.6) is 0 Å². The van der Waals surface area contributed by atoms with Crippen molar-refractivity contribution in [2.45, 2.75) is 38.3 Å². The van der Waals surface area contributed by atoms with E-state index in [2.05, 4.69) is 15.2 Å². The number of carbonyl (C=O) groups is 1. The molecule has 1 saturated heterocycles. The number of imidazole rings is 1. The Bertz CT molecular complexity index is 534. The van der Waals surface area contributed by atoms with Crippen molar-refractivity contribution in [1.29, 1.82) is 0 Å². The van der Waals surface area contributed by atoms with E-state index in [1.54, 1.807) is 18.7 Å². The molecule has 1 amide bonds. The Labute approximate surface area is 117 Å². The molecule has 1 atom stereocenters. The van der Waals surface area contributed by atoms with Crippen LogP contribution in [0.3, 0.4) is 0 Å². The van der Waals surface area contributed by atoms with Crippen LogP contribution in [0.25, 0.3) is 0 Å². The molecule has 1 aliphatic rings. The smallest absolute Gasteiger partial charge is 0.224 e. The molecule has 0 saturated carbocycles. The molecule has 6 nitrogen and oxygen atoms in total. The van der Waals surface area contributed by atoms with Crippen molar-refractivity contribution >= 4 is 5.91 Å². The number of carbonyl (C=O) groups excluding carboxylic acids is 1. The average Bonchev–Trinajstić information content (AvgIpc) is 3.18. The number of aromatic amines is 1. The van der Waals surface area contributed by atoms with E-state index < -0.39 is 0 Å². The van der Waals surface area contributed by atoms with Gasteiger partial charge in [0.05, 0.1) is 18.1 Å². The van der Waals surface area contributed by atoms with E-state index in [1.165, 1.54) is 0 Å². The summed E-state index contributed by atoms with van der Waals surface area (Å²) in [6, 6.07) is 2.12. The highest BCUT2D eigenvalue weighted by atomic mass is 16.2. The molecule has 0 aromatic carbocycles. The molecule has 1 aliphatic heterocycles. The Balaban J connectivity index is 1.65. The fourth-order valence-corrected chi connectivity index (χ4v) is 2.79. The second-order valence-electron chi connectivity index (χ2n) is 5.16. The highest BCUT2D eigenvalue weighted by Gasteiger charge is 2.28. The van der Waals surface area contributed by atoms with Crippen molar-refractivity contribution < 1.29 is 4.79 Å². The monoisotopic (exact) mass is 273 g/mol. The quantitative estimate of drug-likeness (QED) is 0.923. The van der Waals surface area contributed by atoms with Gasteiger partial charge in [0.25, 0.3) is 0 Å². The summed E-state index contributed by atoms with van der Waals surface area (Å²) in [5, 5.41) is 7.00. The zero-order valence-electron chi connectivity index (χ0n) is 11.4. The Morgan fingerprint density at radius 2 is 2.35 bits per heavy atom. The van der Waals surface area contributed by atoms with E-state index in [-0.39, 0.29) is 11.9 Å². The molecule has 0 bridgehead atoms. The normalized spacial score (nSPS) is 19.2. The van der Waals surface area contributed by atoms with Crippen LogP contribution in [0.2, 0.25) is 0 Å². The maximum atomic E-state index is 12.5. The number of piperidine rings is 1. The molecule has 2 aromatic heterocycles. The molecule has 1 fully saturated rings. The second-order valence-corrected chi connectivity index (χ2v) is 5.16. The van der Waals surface area contributed by atoms with Gasteiger partial charge in [0.1, 0.15) is 0 Å². The van der Waals surface area contributed by atoms with E-state index in [4.69, 9.17) is 0 Å². The first-order valence-electron chi connectivity index (χ1n) is 7.09. The van der Waals surface area contributed by atoms with Crippen LogP contribution in [0.4, 0.5) is 0 Å². The predicted octanol–water partition coefficient (Wildman–Crippen LogP) is 1.75. The predicted molar refractivity (Wildman–Crippen MR) is 73.7 cm³/mol. The van der Waals surface area contributed by atoms with E-state index in [1.807, 2.05) is 21.7 Å². The fourth-order valence-electron chi connectivity index (χ4n) is 2.79. The van der Waals surface area contributed by atoms with Gasteiger partial charge >= 0.3 is 0 Å². The number of amides is 1. The lowest BCUT2D eigenvalue weighted by Gasteiger charge is -2.35. The molecule has 6 heteroatoms. The van der Waals surface area contributed by atoms with Gasteiger partial charge in [-0.15, -0.1) is 0 Å². The number of hydrogen-bond donors (Lipinski definition) is 1. The number of aryl methyl sites for hydroxylation is 1. The lowest BCUT2D eigenvalue weighted by molar-refractivity contribution is -0.135. The van der Waals surface area contributed by atoms with Gasteiger partial charge in [-0.1, -0.05) is 0 Å². The minimum atomic E-state index is 0.154. The number of hydrogen-bond acceptors (Lipinski definition) is 3. The van der Waals surface area contributed by atoms with E-state index >= 15 is 0 Å². The van der Waals surface area contributed by atoms with Crippen LogP contribution in [-0.4, -0.2) is 37.1 Å². The van der Waals surface area contributed by atoms with Crippen LogP contribution in [0.1, 0.15) is 37.4 Å². The summed E-state index contributed by atoms with van der Waals surface area (Å²) in [5.74, 6) is 0.206. The van der Waals surface area contributed by atoms with E-state index in [0.717, 1.165) is 31.5 Å². The van der Waals surface area contributed by atoms with Gasteiger partial charge in [-0.3, -0.25) is 9.89 Å². The third-order valence-corrected chi connectivity index (χ3v) is 3.85. The van der Waals surface area contributed by atoms with Crippen molar-refractivity contribution in [2.24, 2.45) is 0 Å². The fraction of sp³-hybridized carbons (Fsp3) is 0.500. The SMILES string of the molecule is O=C(CCn1ccnc1)N1CCCCC1c1ccn[nH]1. The van der Waals surface area contributed by atoms with Gasteiger partial charge < -0.3 is 9.47 Å². The van der Waals surface area contributed by atoms with Crippen molar-refractivity contribution in [2.75, 3.05) is 6.54 Å². The van der Waals surface area contributed by atoms with Crippen LogP contribution in [0.15, 0.2) is 31.0 Å². The van der Waals surface area contributed by atoms with E-state index in [0.29, 0.717) is 13.0 Å². The number of likely N-dealkylation sites (tertiary alicyclic amines) is 1. The van der Waals surface area contributed by atoms with Gasteiger partial charge in [0.2, 0.25) is 5.91 Å². The van der Waals surface area contributed by atoms with Crippen LogP contribution in [-0.2, 0) is 11.3 Å². The molecule has 1 N–H and O–H groups in total. The highest BCUT2D eigenvalue weighted by molar-refractivity contribution is 5.76. The first-order chi connectivity index (χ1) is 9.84. The summed E-state index contributed by atoms with van der Waals surface area (Å²) >= 11 is 0. The van der Waals surface area contributed by atoms with E-state index in [9.17, 15) is 4.79 Å². The molecule has 20 heavy (non-hydrogen) atoms. The highest BCUT2D eigenvalue weighted by Crippen LogP contribution is 2.30. The zero-order valence-corrected chi connectivity index (χ0v) is 11.4. The Kier molecular flexibility index (Phi) is 3.80. The Morgan fingerprint density at radius 1 is 1.40 bits per heavy atom. The maximum absolute atomic E-state index is 12.5. The largest absolute Gasteiger partial charge is 0.337 e. The summed E-state index contributed by atoms with van der Waals surface area (Å²) in [4.78, 5) is 18.4. The van der Waals surface area contributed by atoms with Crippen molar-refractivity contribution in [1.82, 2.24) is 24.6 Å². The second kappa shape index (κ2) is 5.90. The zero-order chi connectivity index (χ0) is 13.8. The number of nitrogens with zero attached hydrogens (tertiary/aromatic N) is 4. The van der Waals surface area contributed by atoms with Gasteiger partial charge in [-0.25, -0.2) is 4.98 Å². The molecule has 0 aliphatic carbocycles. The summed E-state index contributed by atoms with van der Waals surface area (Å²) in [6.07, 6.45) is 10.9. The lowest BCUT2D eigenvalue weighted by atomic mass is 9.99. The number of rotatable bonds is 4. The minimum Gasteiger partial charge on any atom is -0.337 e. The minimum absolute atomic E-state index is 0.154. The molecule has 2 aromatic rings. The van der Waals surface area contributed by atoms with Gasteiger partial charge in [-0.2, -0.15) is 5.10 Å². The standard InChI is InChI=1S/C14H19N5O/c20-14(5-9-18-10-7-15-11-18)19-8-2-1-3-13(19)12-4-6-16-17-12/h4,6-7,10-11,13H,1-3,5,8-9H2,(H,16,17). The molecule has 106 valence electrons. The number of nitrogens with one attached hydrogen (secondary N) is 1. The third-order valence-electron chi connectivity index (χ3n) is 3.85. The first-order valence-corrected chi connectivity index (χ1v) is 7.09. The van der Waals surface area contributed by atoms with Gasteiger partial charge in [-0.05, 0) is 25.3 Å². The van der Waals surface area contributed by atoms with Crippen molar-refractivity contribution in [3.63, 3.8) is 0 Å². The van der Waals surface area contributed by atoms with Gasteiger partial charge in [0, 0.05) is 38.1 Å². The van der Waals surface area contributed by atoms with Crippen molar-refractivity contribution in [3.05, 3.63) is 36.7 Å². The first kappa shape index (κ1) is 12.9. The molecule has 1 unspecified atom stereocenters. The maximum Gasteiger partial charge on any atom is 0.224 e. The van der Waals surface area contributed by atoms with Crippen LogP contribution in [0, 0.1) is 0 Å². The average molecular weight is 273 g/mol. The van der Waals surface area contributed by atoms with Crippen molar-refractivity contribution in [3.8, 4) is 0 Å². The molecule has 0 spiro atoms. The van der Waals surface area contributed by atoms with Gasteiger partial charge in [0.15, 0.2) is 0 Å². The van der Waals surface area contributed by atoms with Crippen LogP contribution < -0.4 is 0 Å². The van der Waals surface area contributed by atoms with Crippen LogP contribution >= 0.6 is 0 Å². The number of aromatic nitrogens is 4. The molecular formula is C14H19N5O. The molecule has 3 rings (SSSR count). The molecular weight excluding hydrogens is 254 g/mol. The summed E-state index contributed by atoms with van der Waals surface area (Å²) in [5.41, 5.74) is 1.04. The summed E-state index contributed by atoms with van der Waals surface area (Å²) < 4.78 is 1.94. The third kappa shape index (κ3) is 2.74. The lowest BCUT2D eigenvalue weighted by Crippen LogP contribution is -2.39. The Hall–Kier alpha value is -2.11. The topological polar surface area (TPSA) is 66.8 Å². The summed E-state index contributed by atoms with van der Waals surface area (Å²) in [7, 11) is 0. The number of H-pyrrole nitrogens is 1. The summed E-state index contributed by atoms with van der Waals surface area (Å²) in [6.45, 7) is 1.53.